The molecule has 1 rings (SSSR count). The summed E-state index contributed by atoms with van der Waals surface area (Å²) >= 11 is 5.24. The van der Waals surface area contributed by atoms with Crippen LogP contribution in [-0.4, -0.2) is 29.6 Å². The Morgan fingerprint density at radius 1 is 0.947 bits per heavy atom. The van der Waals surface area contributed by atoms with E-state index < -0.39 is 23.8 Å². The summed E-state index contributed by atoms with van der Waals surface area (Å²) in [4.78, 5) is 44.3. The molecule has 4 N–H and O–H groups in total. The number of alkyl halides is 1. The maximum atomic E-state index is 11.5. The van der Waals surface area contributed by atoms with E-state index in [-0.39, 0.29) is 17.0 Å². The van der Waals surface area contributed by atoms with Gasteiger partial charge in [0.25, 0.3) is 11.8 Å². The molecule has 0 heterocycles. The first kappa shape index (κ1) is 14.7. The van der Waals surface area contributed by atoms with Gasteiger partial charge in [-0.1, -0.05) is 0 Å². The van der Waals surface area contributed by atoms with Crippen molar-refractivity contribution in [3.63, 3.8) is 0 Å². The highest BCUT2D eigenvalue weighted by atomic mass is 35.5. The molecule has 19 heavy (non-hydrogen) atoms. The summed E-state index contributed by atoms with van der Waals surface area (Å²) < 4.78 is 0. The quantitative estimate of drug-likeness (QED) is 0.676. The average Bonchev–Trinajstić information content (AvgIpc) is 2.37. The van der Waals surface area contributed by atoms with Gasteiger partial charge in [0.05, 0.1) is 0 Å². The van der Waals surface area contributed by atoms with Crippen LogP contribution in [0.25, 0.3) is 0 Å². The number of carbonyl (C=O) groups excluding carboxylic acids is 4. The Kier molecular flexibility index (Phi) is 5.01. The minimum atomic E-state index is -0.973. The minimum Gasteiger partial charge on any atom is -0.351 e. The maximum absolute atomic E-state index is 11.5. The van der Waals surface area contributed by atoms with Gasteiger partial charge in [0, 0.05) is 11.1 Å². The highest BCUT2D eigenvalue weighted by Gasteiger charge is 2.11. The summed E-state index contributed by atoms with van der Waals surface area (Å²) in [5, 5.41) is 3.92. The van der Waals surface area contributed by atoms with Crippen LogP contribution in [0.15, 0.2) is 24.3 Å². The lowest BCUT2D eigenvalue weighted by atomic mass is 10.1. The smallest absolute Gasteiger partial charge is 0.319 e. The summed E-state index contributed by atoms with van der Waals surface area (Å²) in [6.45, 7) is 0. The number of nitrogens with two attached hydrogens (primary N) is 1. The van der Waals surface area contributed by atoms with Gasteiger partial charge in [0.1, 0.15) is 5.88 Å². The van der Waals surface area contributed by atoms with Crippen LogP contribution >= 0.6 is 11.6 Å². The van der Waals surface area contributed by atoms with Gasteiger partial charge in [-0.05, 0) is 24.3 Å². The van der Waals surface area contributed by atoms with Crippen molar-refractivity contribution in [2.24, 2.45) is 5.73 Å². The van der Waals surface area contributed by atoms with Crippen LogP contribution in [0.5, 0.6) is 0 Å². The van der Waals surface area contributed by atoms with E-state index in [1.54, 1.807) is 0 Å². The first-order chi connectivity index (χ1) is 8.93. The normalized spacial score (nSPS) is 9.53. The van der Waals surface area contributed by atoms with E-state index in [2.05, 4.69) is 0 Å². The molecule has 0 bridgehead atoms. The van der Waals surface area contributed by atoms with E-state index in [9.17, 15) is 19.2 Å². The predicted molar refractivity (Wildman–Crippen MR) is 66.7 cm³/mol. The third kappa shape index (κ3) is 4.40. The number of imide groups is 2. The van der Waals surface area contributed by atoms with Crippen molar-refractivity contribution in [1.82, 2.24) is 10.6 Å². The van der Waals surface area contributed by atoms with Crippen molar-refractivity contribution in [2.75, 3.05) is 5.88 Å². The third-order valence-electron chi connectivity index (χ3n) is 2.02. The zero-order valence-corrected chi connectivity index (χ0v) is 10.4. The number of amides is 5. The molecule has 1 aromatic rings. The molecular formula is C11H10ClN3O4. The van der Waals surface area contributed by atoms with Crippen molar-refractivity contribution in [3.8, 4) is 0 Å². The topological polar surface area (TPSA) is 118 Å². The van der Waals surface area contributed by atoms with Gasteiger partial charge >= 0.3 is 6.03 Å². The van der Waals surface area contributed by atoms with Crippen molar-refractivity contribution in [2.45, 2.75) is 0 Å². The van der Waals surface area contributed by atoms with E-state index in [0.29, 0.717) is 0 Å². The molecule has 0 saturated carbocycles. The summed E-state index contributed by atoms with van der Waals surface area (Å²) in [5.74, 6) is -2.27. The Bertz CT molecular complexity index is 527. The molecule has 0 fully saturated rings. The standard InChI is InChI=1S/C11H10ClN3O4/c12-5-8(16)14-9(17)6-1-3-7(4-2-6)10(18)15-11(13)19/h1-4H,5H2,(H,14,16,17)(H3,13,15,18,19). The average molecular weight is 284 g/mol. The van der Waals surface area contributed by atoms with E-state index in [0.717, 1.165) is 0 Å². The number of hydrogen-bond acceptors (Lipinski definition) is 4. The second-order valence-corrected chi connectivity index (χ2v) is 3.67. The van der Waals surface area contributed by atoms with Gasteiger partial charge in [0.2, 0.25) is 5.91 Å². The molecule has 0 spiro atoms. The molecule has 7 nitrogen and oxygen atoms in total. The summed E-state index contributed by atoms with van der Waals surface area (Å²) in [7, 11) is 0. The molecule has 0 atom stereocenters. The zero-order chi connectivity index (χ0) is 14.4. The van der Waals surface area contributed by atoms with Crippen LogP contribution in [0.2, 0.25) is 0 Å². The lowest BCUT2D eigenvalue weighted by Gasteiger charge is -2.04. The van der Waals surface area contributed by atoms with Gasteiger partial charge in [0.15, 0.2) is 0 Å². The zero-order valence-electron chi connectivity index (χ0n) is 9.60. The van der Waals surface area contributed by atoms with Crippen molar-refractivity contribution in [3.05, 3.63) is 35.4 Å². The van der Waals surface area contributed by atoms with Crippen LogP contribution < -0.4 is 16.4 Å². The second kappa shape index (κ2) is 6.50. The highest BCUT2D eigenvalue weighted by molar-refractivity contribution is 6.28. The Morgan fingerprint density at radius 3 is 1.74 bits per heavy atom. The molecule has 0 aliphatic heterocycles. The summed E-state index contributed by atoms with van der Waals surface area (Å²) in [6.07, 6.45) is 0. The van der Waals surface area contributed by atoms with Gasteiger partial charge in [-0.2, -0.15) is 0 Å². The Labute approximate surface area is 113 Å². The van der Waals surface area contributed by atoms with Crippen molar-refractivity contribution >= 4 is 35.4 Å². The van der Waals surface area contributed by atoms with Crippen LogP contribution in [0.4, 0.5) is 4.79 Å². The maximum Gasteiger partial charge on any atom is 0.319 e. The van der Waals surface area contributed by atoms with E-state index in [1.165, 1.54) is 24.3 Å². The highest BCUT2D eigenvalue weighted by Crippen LogP contribution is 2.04. The molecule has 0 aliphatic carbocycles. The number of benzene rings is 1. The molecule has 0 unspecified atom stereocenters. The molecule has 0 radical (unpaired) electrons. The van der Waals surface area contributed by atoms with E-state index in [4.69, 9.17) is 17.3 Å². The lowest BCUT2D eigenvalue weighted by molar-refractivity contribution is -0.117. The Balaban J connectivity index is 2.76. The lowest BCUT2D eigenvalue weighted by Crippen LogP contribution is -2.35. The van der Waals surface area contributed by atoms with Crippen LogP contribution in [0.3, 0.4) is 0 Å². The first-order valence-corrected chi connectivity index (χ1v) is 5.58. The van der Waals surface area contributed by atoms with E-state index >= 15 is 0 Å². The second-order valence-electron chi connectivity index (χ2n) is 3.41. The number of urea groups is 1. The number of rotatable bonds is 3. The minimum absolute atomic E-state index is 0.152. The molecule has 5 amide bonds. The molecule has 8 heteroatoms. The Hall–Kier alpha value is -2.41. The fourth-order valence-corrected chi connectivity index (χ4v) is 1.26. The predicted octanol–water partition coefficient (Wildman–Crippen LogP) is -0.00970. The number of hydrogen-bond donors (Lipinski definition) is 3. The largest absolute Gasteiger partial charge is 0.351 e. The monoisotopic (exact) mass is 283 g/mol. The molecule has 0 aliphatic rings. The molecule has 100 valence electrons. The summed E-state index contributed by atoms with van der Waals surface area (Å²) in [6, 6.07) is 4.32. The van der Waals surface area contributed by atoms with Crippen molar-refractivity contribution in [1.29, 1.82) is 0 Å². The molecule has 0 saturated heterocycles. The van der Waals surface area contributed by atoms with Gasteiger partial charge in [-0.3, -0.25) is 25.0 Å². The van der Waals surface area contributed by atoms with Crippen LogP contribution in [0, 0.1) is 0 Å². The summed E-state index contributed by atoms with van der Waals surface area (Å²) in [5.41, 5.74) is 5.12. The molecular weight excluding hydrogens is 274 g/mol. The molecule has 1 aromatic carbocycles. The van der Waals surface area contributed by atoms with Gasteiger partial charge in [-0.15, -0.1) is 11.6 Å². The fourth-order valence-electron chi connectivity index (χ4n) is 1.19. The number of carbonyl (C=O) groups is 4. The Morgan fingerprint density at radius 2 is 1.37 bits per heavy atom. The SMILES string of the molecule is NC(=O)NC(=O)c1ccc(C(=O)NC(=O)CCl)cc1. The van der Waals surface area contributed by atoms with Gasteiger partial charge < -0.3 is 5.73 Å². The van der Waals surface area contributed by atoms with Crippen LogP contribution in [0.1, 0.15) is 20.7 Å². The van der Waals surface area contributed by atoms with E-state index in [1.807, 2.05) is 10.6 Å². The van der Waals surface area contributed by atoms with Crippen LogP contribution in [-0.2, 0) is 4.79 Å². The third-order valence-corrected chi connectivity index (χ3v) is 2.26. The fraction of sp³-hybridized carbons (Fsp3) is 0.0909. The van der Waals surface area contributed by atoms with Crippen molar-refractivity contribution < 1.29 is 19.2 Å². The van der Waals surface area contributed by atoms with Gasteiger partial charge in [-0.25, -0.2) is 4.79 Å². The first-order valence-electron chi connectivity index (χ1n) is 5.05. The molecule has 0 aromatic heterocycles. The number of primary amides is 1. The number of halogens is 1. The number of nitrogens with one attached hydrogen (secondary N) is 2.